The highest BCUT2D eigenvalue weighted by atomic mass is 127. The number of halogens is 1. The summed E-state index contributed by atoms with van der Waals surface area (Å²) in [7, 11) is 0. The van der Waals surface area contributed by atoms with Crippen LogP contribution < -0.4 is 10.1 Å². The summed E-state index contributed by atoms with van der Waals surface area (Å²) < 4.78 is 6.58. The molecule has 2 aliphatic heterocycles. The Hall–Kier alpha value is -1.86. The van der Waals surface area contributed by atoms with Gasteiger partial charge >= 0.3 is 0 Å². The highest BCUT2D eigenvalue weighted by molar-refractivity contribution is 14.1. The van der Waals surface area contributed by atoms with E-state index in [1.807, 2.05) is 36.9 Å². The van der Waals surface area contributed by atoms with Gasteiger partial charge in [0.05, 0.1) is 3.55 Å². The standard InChI is InChI=1S/C25H29IN2O2/c1-4-28(5-2)23(29)19-12-10-18(11-13-19)21-16-25(14-15-27-24(3,26)17-25)30-22-9-7-6-8-20(21)22/h6-13,16,27H,4-5,14-15,17H2,1-3H3/t24-,25?/m0/s1. The normalized spacial score (nSPS) is 25.3. The number of nitrogens with zero attached hydrogens (tertiary/aromatic N) is 1. The van der Waals surface area contributed by atoms with E-state index in [0.29, 0.717) is 0 Å². The van der Waals surface area contributed by atoms with E-state index in [9.17, 15) is 4.79 Å². The fourth-order valence-electron chi connectivity index (χ4n) is 4.55. The predicted molar refractivity (Wildman–Crippen MR) is 130 cm³/mol. The van der Waals surface area contributed by atoms with Crippen LogP contribution in [0.2, 0.25) is 0 Å². The van der Waals surface area contributed by atoms with Crippen molar-refractivity contribution in [2.45, 2.75) is 42.8 Å². The number of carbonyl (C=O) groups is 1. The van der Waals surface area contributed by atoms with Gasteiger partial charge in [-0.25, -0.2) is 0 Å². The number of fused-ring (bicyclic) bond motifs is 1. The van der Waals surface area contributed by atoms with Gasteiger partial charge < -0.3 is 15.0 Å². The number of rotatable bonds is 4. The Bertz CT molecular complexity index is 963. The average molecular weight is 516 g/mol. The first kappa shape index (κ1) is 21.4. The lowest BCUT2D eigenvalue weighted by atomic mass is 9.81. The fraction of sp³-hybridized carbons (Fsp3) is 0.400. The van der Waals surface area contributed by atoms with E-state index in [1.165, 1.54) is 5.57 Å². The lowest BCUT2D eigenvalue weighted by Crippen LogP contribution is -2.54. The second-order valence-electron chi connectivity index (χ2n) is 8.33. The van der Waals surface area contributed by atoms with Crippen molar-refractivity contribution < 1.29 is 9.53 Å². The van der Waals surface area contributed by atoms with Crippen molar-refractivity contribution in [1.29, 1.82) is 0 Å². The Labute approximate surface area is 192 Å². The molecular formula is C25H29IN2O2. The Morgan fingerprint density at radius 3 is 2.50 bits per heavy atom. The van der Waals surface area contributed by atoms with Crippen molar-refractivity contribution in [2.24, 2.45) is 0 Å². The molecule has 0 radical (unpaired) electrons. The minimum atomic E-state index is -0.319. The number of benzene rings is 2. The minimum Gasteiger partial charge on any atom is -0.482 e. The third-order valence-electron chi connectivity index (χ3n) is 6.06. The van der Waals surface area contributed by atoms with Crippen molar-refractivity contribution in [3.8, 4) is 5.75 Å². The zero-order chi connectivity index (χ0) is 21.4. The van der Waals surface area contributed by atoms with E-state index < -0.39 is 0 Å². The molecule has 1 N–H and O–H groups in total. The molecule has 2 heterocycles. The predicted octanol–water partition coefficient (Wildman–Crippen LogP) is 5.27. The summed E-state index contributed by atoms with van der Waals surface area (Å²) in [5.41, 5.74) is 3.84. The summed E-state index contributed by atoms with van der Waals surface area (Å²) in [6.07, 6.45) is 4.15. The second-order valence-corrected chi connectivity index (χ2v) is 10.7. The minimum absolute atomic E-state index is 0.00998. The molecule has 0 aliphatic carbocycles. The Morgan fingerprint density at radius 1 is 1.13 bits per heavy atom. The number of amides is 1. The van der Waals surface area contributed by atoms with Gasteiger partial charge in [-0.15, -0.1) is 0 Å². The maximum Gasteiger partial charge on any atom is 0.253 e. The number of alkyl halides is 1. The molecule has 1 unspecified atom stereocenters. The fourth-order valence-corrected chi connectivity index (χ4v) is 5.47. The highest BCUT2D eigenvalue weighted by Crippen LogP contribution is 2.45. The molecule has 30 heavy (non-hydrogen) atoms. The Kier molecular flexibility index (Phi) is 5.95. The molecule has 2 aromatic rings. The summed E-state index contributed by atoms with van der Waals surface area (Å²) in [5, 5.41) is 3.59. The van der Waals surface area contributed by atoms with Crippen LogP contribution in [-0.2, 0) is 0 Å². The molecule has 1 saturated heterocycles. The van der Waals surface area contributed by atoms with Gasteiger partial charge in [0, 0.05) is 43.6 Å². The van der Waals surface area contributed by atoms with Crippen LogP contribution in [0.1, 0.15) is 55.1 Å². The van der Waals surface area contributed by atoms with E-state index in [-0.39, 0.29) is 15.1 Å². The summed E-state index contributed by atoms with van der Waals surface area (Å²) in [6.45, 7) is 8.61. The number of carbonyl (C=O) groups excluding carboxylic acids is 1. The molecule has 2 aliphatic rings. The van der Waals surface area contributed by atoms with Gasteiger partial charge in [0.2, 0.25) is 0 Å². The third kappa shape index (κ3) is 4.14. The van der Waals surface area contributed by atoms with Gasteiger partial charge in [0.25, 0.3) is 5.91 Å². The summed E-state index contributed by atoms with van der Waals surface area (Å²) in [6, 6.07) is 16.3. The molecule has 158 valence electrons. The maximum atomic E-state index is 12.7. The molecule has 0 saturated carbocycles. The van der Waals surface area contributed by atoms with Crippen LogP contribution in [0.4, 0.5) is 0 Å². The lowest BCUT2D eigenvalue weighted by molar-refractivity contribution is 0.0633. The van der Waals surface area contributed by atoms with Crippen LogP contribution in [-0.4, -0.2) is 39.6 Å². The molecule has 1 amide bonds. The maximum absolute atomic E-state index is 12.7. The van der Waals surface area contributed by atoms with Gasteiger partial charge in [-0.3, -0.25) is 4.79 Å². The van der Waals surface area contributed by atoms with E-state index in [4.69, 9.17) is 4.74 Å². The number of piperidine rings is 1. The molecule has 0 aromatic heterocycles. The number of hydrogen-bond donors (Lipinski definition) is 1. The monoisotopic (exact) mass is 516 g/mol. The van der Waals surface area contributed by atoms with E-state index in [1.54, 1.807) is 0 Å². The topological polar surface area (TPSA) is 41.6 Å². The number of hydrogen-bond acceptors (Lipinski definition) is 3. The van der Waals surface area contributed by atoms with Crippen LogP contribution in [0.3, 0.4) is 0 Å². The molecule has 4 rings (SSSR count). The van der Waals surface area contributed by atoms with E-state index in [0.717, 1.165) is 54.9 Å². The highest BCUT2D eigenvalue weighted by Gasteiger charge is 2.44. The van der Waals surface area contributed by atoms with Gasteiger partial charge in [0.1, 0.15) is 11.4 Å². The van der Waals surface area contributed by atoms with Crippen LogP contribution >= 0.6 is 22.6 Å². The first-order valence-electron chi connectivity index (χ1n) is 10.7. The van der Waals surface area contributed by atoms with Gasteiger partial charge in [-0.1, -0.05) is 52.9 Å². The van der Waals surface area contributed by atoms with Crippen LogP contribution in [0.5, 0.6) is 5.75 Å². The molecule has 5 heteroatoms. The molecule has 4 nitrogen and oxygen atoms in total. The number of ether oxygens (including phenoxy) is 1. The summed E-state index contributed by atoms with van der Waals surface area (Å²) >= 11 is 2.49. The zero-order valence-corrected chi connectivity index (χ0v) is 20.0. The SMILES string of the molecule is CCN(CC)C(=O)c1ccc(C2=CC3(CCN[C@](C)(I)C3)Oc3ccccc32)cc1. The van der Waals surface area contributed by atoms with Crippen LogP contribution in [0.25, 0.3) is 5.57 Å². The smallest absolute Gasteiger partial charge is 0.253 e. The van der Waals surface area contributed by atoms with Gasteiger partial charge in [-0.2, -0.15) is 0 Å². The van der Waals surface area contributed by atoms with Crippen LogP contribution in [0, 0.1) is 0 Å². The quantitative estimate of drug-likeness (QED) is 0.342. The van der Waals surface area contributed by atoms with Crippen LogP contribution in [0.15, 0.2) is 54.6 Å². The molecule has 2 atom stereocenters. The molecule has 1 fully saturated rings. The third-order valence-corrected chi connectivity index (χ3v) is 6.83. The van der Waals surface area contributed by atoms with E-state index in [2.05, 4.69) is 71.2 Å². The molecule has 2 aromatic carbocycles. The Balaban J connectivity index is 1.73. The summed E-state index contributed by atoms with van der Waals surface area (Å²) in [5.74, 6) is 1.02. The van der Waals surface area contributed by atoms with Gasteiger partial charge in [-0.05, 0) is 56.2 Å². The lowest BCUT2D eigenvalue weighted by Gasteiger charge is -2.45. The second kappa shape index (κ2) is 8.35. The average Bonchev–Trinajstić information content (AvgIpc) is 2.73. The van der Waals surface area contributed by atoms with Crippen molar-refractivity contribution in [1.82, 2.24) is 10.2 Å². The van der Waals surface area contributed by atoms with Crippen molar-refractivity contribution in [3.63, 3.8) is 0 Å². The number of nitrogens with one attached hydrogen (secondary N) is 1. The summed E-state index contributed by atoms with van der Waals surface area (Å²) in [4.78, 5) is 14.5. The van der Waals surface area contributed by atoms with Crippen molar-refractivity contribution in [2.75, 3.05) is 19.6 Å². The molecular weight excluding hydrogens is 487 g/mol. The van der Waals surface area contributed by atoms with Gasteiger partial charge in [0.15, 0.2) is 0 Å². The van der Waals surface area contributed by atoms with Crippen molar-refractivity contribution >= 4 is 34.1 Å². The zero-order valence-electron chi connectivity index (χ0n) is 17.9. The van der Waals surface area contributed by atoms with E-state index >= 15 is 0 Å². The first-order valence-corrected chi connectivity index (χ1v) is 11.8. The largest absolute Gasteiger partial charge is 0.482 e. The molecule has 0 bridgehead atoms. The first-order chi connectivity index (χ1) is 14.4. The van der Waals surface area contributed by atoms with Crippen molar-refractivity contribution in [3.05, 3.63) is 71.3 Å². The number of para-hydroxylation sites is 1. The molecule has 1 spiro atoms. The Morgan fingerprint density at radius 2 is 1.83 bits per heavy atom.